The fourth-order valence-corrected chi connectivity index (χ4v) is 5.76. The number of aliphatic hydroxyl groups excluding tert-OH is 1. The zero-order chi connectivity index (χ0) is 39.2. The second-order valence-corrected chi connectivity index (χ2v) is 15.5. The Balaban J connectivity index is 2.36. The molecule has 0 aliphatic carbocycles. The number of benzene rings is 1. The Kier molecular flexibility index (Phi) is 17.6. The summed E-state index contributed by atoms with van der Waals surface area (Å²) < 4.78 is 33.5. The van der Waals surface area contributed by atoms with Gasteiger partial charge in [-0.25, -0.2) is 4.79 Å². The summed E-state index contributed by atoms with van der Waals surface area (Å²) in [5.41, 5.74) is 4.47. The smallest absolute Gasteiger partial charge is 0.414 e. The number of methoxy groups -OCH3 is 2. The number of nitrogens with two attached hydrogens (primary N) is 1. The first-order chi connectivity index (χ1) is 24.4. The van der Waals surface area contributed by atoms with Crippen LogP contribution in [0.5, 0.6) is 11.5 Å². The average Bonchev–Trinajstić information content (AvgIpc) is 3.49. The maximum atomic E-state index is 13.5. The van der Waals surface area contributed by atoms with Gasteiger partial charge in [0.2, 0.25) is 18.6 Å². The molecule has 0 bridgehead atoms. The Bertz CT molecular complexity index is 1320. The molecule has 296 valence electrons. The van der Waals surface area contributed by atoms with E-state index >= 15 is 0 Å². The Labute approximate surface area is 309 Å². The highest BCUT2D eigenvalue weighted by atomic mass is 16.7. The van der Waals surface area contributed by atoms with Crippen molar-refractivity contribution in [1.29, 1.82) is 0 Å². The summed E-state index contributed by atoms with van der Waals surface area (Å²) in [6.45, 7) is 14.5. The van der Waals surface area contributed by atoms with Crippen LogP contribution in [0.1, 0.15) is 80.2 Å². The number of nitrogens with zero attached hydrogens (tertiary/aromatic N) is 1. The lowest BCUT2D eigenvalue weighted by Gasteiger charge is -2.33. The fourth-order valence-electron chi connectivity index (χ4n) is 5.76. The van der Waals surface area contributed by atoms with Crippen LogP contribution in [0.15, 0.2) is 18.2 Å². The van der Waals surface area contributed by atoms with Gasteiger partial charge in [-0.2, -0.15) is 0 Å². The Morgan fingerprint density at radius 1 is 0.981 bits per heavy atom. The molecular weight excluding hydrogens is 674 g/mol. The molecule has 1 heterocycles. The number of carbonyl (C=O) groups is 4. The lowest BCUT2D eigenvalue weighted by Crippen LogP contribution is -2.47. The van der Waals surface area contributed by atoms with Crippen molar-refractivity contribution in [3.63, 3.8) is 0 Å². The van der Waals surface area contributed by atoms with Crippen molar-refractivity contribution >= 4 is 23.9 Å². The van der Waals surface area contributed by atoms with Crippen LogP contribution in [0.2, 0.25) is 0 Å². The summed E-state index contributed by atoms with van der Waals surface area (Å²) in [7, 11) is 3.24. The van der Waals surface area contributed by atoms with Crippen molar-refractivity contribution in [3.8, 4) is 11.5 Å². The zero-order valence-corrected chi connectivity index (χ0v) is 32.8. The van der Waals surface area contributed by atoms with Crippen molar-refractivity contribution in [1.82, 2.24) is 10.2 Å². The van der Waals surface area contributed by atoms with Crippen LogP contribution in [-0.2, 0) is 39.8 Å². The highest BCUT2D eigenvalue weighted by molar-refractivity contribution is 5.83. The van der Waals surface area contributed by atoms with Gasteiger partial charge in [0.15, 0.2) is 11.5 Å². The zero-order valence-electron chi connectivity index (χ0n) is 32.8. The maximum Gasteiger partial charge on any atom is 0.414 e. The van der Waals surface area contributed by atoms with Gasteiger partial charge < -0.3 is 44.6 Å². The quantitative estimate of drug-likeness (QED) is 0.0876. The second kappa shape index (κ2) is 20.6. The molecule has 1 aromatic rings. The standard InChI is InChI=1S/C38H63N3O11/c1-24(2)27(16-26-12-13-30(48-10)32(17-26)49-15-11-14-47-9)18-29-31(19-28(25(3)4)33(43)40-20-37(5,6)34(39)44)50-22-41(29)36(46)52-23-51-35(45)38(7,8)21-42/h12-13,17,24-25,27-29,31,42H,11,14-16,18-23H2,1-10H3,(H2,39,44)(H,40,43)/t27-,28-,29-,31-/m0/s1. The molecule has 1 saturated heterocycles. The van der Waals surface area contributed by atoms with Crippen LogP contribution in [0.3, 0.4) is 0 Å². The van der Waals surface area contributed by atoms with Gasteiger partial charge in [-0.15, -0.1) is 0 Å². The van der Waals surface area contributed by atoms with E-state index in [4.69, 9.17) is 34.2 Å². The van der Waals surface area contributed by atoms with Crippen molar-refractivity contribution in [2.75, 3.05) is 54.1 Å². The molecule has 2 rings (SSSR count). The summed E-state index contributed by atoms with van der Waals surface area (Å²) in [5, 5.41) is 12.4. The lowest BCUT2D eigenvalue weighted by atomic mass is 9.80. The second-order valence-electron chi connectivity index (χ2n) is 15.5. The Morgan fingerprint density at radius 2 is 1.67 bits per heavy atom. The van der Waals surface area contributed by atoms with Crippen molar-refractivity contribution < 1.29 is 52.7 Å². The average molecular weight is 738 g/mol. The summed E-state index contributed by atoms with van der Waals surface area (Å²) in [6, 6.07) is 5.38. The van der Waals surface area contributed by atoms with Crippen LogP contribution >= 0.6 is 0 Å². The number of amides is 3. The normalized spacial score (nSPS) is 17.5. The minimum Gasteiger partial charge on any atom is -0.493 e. The molecule has 14 nitrogen and oxygen atoms in total. The van der Waals surface area contributed by atoms with Gasteiger partial charge in [-0.05, 0) is 82.4 Å². The topological polar surface area (TPSA) is 185 Å². The predicted octanol–water partition coefficient (Wildman–Crippen LogP) is 4.29. The van der Waals surface area contributed by atoms with E-state index in [0.717, 1.165) is 12.0 Å². The third kappa shape index (κ3) is 13.1. The molecule has 1 aromatic carbocycles. The van der Waals surface area contributed by atoms with Crippen LogP contribution in [0.4, 0.5) is 4.79 Å². The van der Waals surface area contributed by atoms with E-state index in [9.17, 15) is 24.3 Å². The van der Waals surface area contributed by atoms with Crippen LogP contribution in [-0.4, -0.2) is 100 Å². The van der Waals surface area contributed by atoms with E-state index in [0.29, 0.717) is 44.0 Å². The van der Waals surface area contributed by atoms with Gasteiger partial charge in [0, 0.05) is 32.6 Å². The molecule has 0 saturated carbocycles. The highest BCUT2D eigenvalue weighted by Crippen LogP contribution is 2.36. The summed E-state index contributed by atoms with van der Waals surface area (Å²) >= 11 is 0. The molecule has 0 spiro atoms. The van der Waals surface area contributed by atoms with E-state index in [2.05, 4.69) is 19.2 Å². The van der Waals surface area contributed by atoms with Gasteiger partial charge in [0.05, 0.1) is 43.3 Å². The third-order valence-corrected chi connectivity index (χ3v) is 9.77. The first-order valence-electron chi connectivity index (χ1n) is 18.1. The number of rotatable bonds is 22. The van der Waals surface area contributed by atoms with Gasteiger partial charge in [-0.1, -0.05) is 33.8 Å². The summed E-state index contributed by atoms with van der Waals surface area (Å²) in [5.74, 6) is -0.529. The minimum atomic E-state index is -1.16. The number of nitrogens with one attached hydrogen (secondary N) is 1. The van der Waals surface area contributed by atoms with Crippen LogP contribution < -0.4 is 20.5 Å². The minimum absolute atomic E-state index is 0.0603. The first kappa shape index (κ1) is 44.5. The van der Waals surface area contributed by atoms with Crippen molar-refractivity contribution in [2.45, 2.75) is 93.2 Å². The first-order valence-corrected chi connectivity index (χ1v) is 18.1. The number of hydrogen-bond donors (Lipinski definition) is 3. The maximum absolute atomic E-state index is 13.5. The molecule has 3 amide bonds. The predicted molar refractivity (Wildman–Crippen MR) is 194 cm³/mol. The van der Waals surface area contributed by atoms with E-state index in [1.54, 1.807) is 28.1 Å². The van der Waals surface area contributed by atoms with Gasteiger partial charge in [-0.3, -0.25) is 19.3 Å². The monoisotopic (exact) mass is 737 g/mol. The van der Waals surface area contributed by atoms with E-state index in [1.807, 2.05) is 32.0 Å². The fraction of sp³-hybridized carbons (Fsp3) is 0.737. The number of hydrogen-bond acceptors (Lipinski definition) is 11. The highest BCUT2D eigenvalue weighted by Gasteiger charge is 2.43. The molecule has 0 unspecified atom stereocenters. The molecule has 1 aliphatic heterocycles. The third-order valence-electron chi connectivity index (χ3n) is 9.77. The number of esters is 1. The molecule has 14 heteroatoms. The summed E-state index contributed by atoms with van der Waals surface area (Å²) in [6.07, 6.45) is 0.960. The van der Waals surface area contributed by atoms with Crippen LogP contribution in [0, 0.1) is 34.5 Å². The molecular formula is C38H63N3O11. The number of primary amides is 1. The molecule has 0 radical (unpaired) electrons. The lowest BCUT2D eigenvalue weighted by molar-refractivity contribution is -0.165. The molecule has 1 aliphatic rings. The number of ether oxygens (including phenoxy) is 6. The molecule has 0 aromatic heterocycles. The molecule has 1 fully saturated rings. The Morgan fingerprint density at radius 3 is 2.25 bits per heavy atom. The van der Waals surface area contributed by atoms with E-state index in [1.165, 1.54) is 18.7 Å². The van der Waals surface area contributed by atoms with E-state index < -0.39 is 60.3 Å². The molecule has 4 atom stereocenters. The Hall–Kier alpha value is -3.62. The number of carbonyl (C=O) groups excluding carboxylic acids is 4. The van der Waals surface area contributed by atoms with Crippen molar-refractivity contribution in [2.24, 2.45) is 40.2 Å². The molecule has 52 heavy (non-hydrogen) atoms. The van der Waals surface area contributed by atoms with Crippen LogP contribution in [0.25, 0.3) is 0 Å². The van der Waals surface area contributed by atoms with E-state index in [-0.39, 0.29) is 36.9 Å². The van der Waals surface area contributed by atoms with Gasteiger partial charge in [0.25, 0.3) is 0 Å². The molecule has 4 N–H and O–H groups in total. The van der Waals surface area contributed by atoms with Gasteiger partial charge >= 0.3 is 12.1 Å². The van der Waals surface area contributed by atoms with Gasteiger partial charge in [0.1, 0.15) is 6.73 Å². The SMILES string of the molecule is COCCCOc1cc(C[C@@H](C[C@H]2[C@H](C[C@H](C(=O)NCC(C)(C)C(N)=O)C(C)C)OCN2C(=O)OCOC(=O)C(C)(C)CO)C(C)C)ccc1OC. The van der Waals surface area contributed by atoms with Crippen molar-refractivity contribution in [3.05, 3.63) is 23.8 Å². The number of aliphatic hydroxyl groups is 1. The largest absolute Gasteiger partial charge is 0.493 e. The summed E-state index contributed by atoms with van der Waals surface area (Å²) in [4.78, 5) is 52.8.